The molecule has 7 heteroatoms. The van der Waals surface area contributed by atoms with Crippen LogP contribution >= 0.6 is 0 Å². The topological polar surface area (TPSA) is 105 Å². The van der Waals surface area contributed by atoms with Gasteiger partial charge in [0.05, 0.1) is 18.2 Å². The number of aryl methyl sites for hydroxylation is 1. The molecule has 1 heterocycles. The van der Waals surface area contributed by atoms with Crippen molar-refractivity contribution in [1.82, 2.24) is 10.6 Å². The zero-order valence-corrected chi connectivity index (χ0v) is 17.7. The minimum Gasteiger partial charge on any atom is -0.480 e. The van der Waals surface area contributed by atoms with Gasteiger partial charge in [0.25, 0.3) is 0 Å². The van der Waals surface area contributed by atoms with E-state index in [-0.39, 0.29) is 24.3 Å². The Morgan fingerprint density at radius 2 is 2.03 bits per heavy atom. The summed E-state index contributed by atoms with van der Waals surface area (Å²) >= 11 is 0. The number of Topliss-reactive ketones (excluding diaryl/α,β-unsaturated/α-hetero) is 1. The normalized spacial score (nSPS) is 27.3. The monoisotopic (exact) mass is 416 g/mol. The SMILES string of the molecule is CCOC(=O)[C@H](CCc1ccccc1)N[C@@H](C)C(=O)[C@]12CCC[C@H]1C[C@@H](C(=O)O)N2. The average molecular weight is 417 g/mol. The van der Waals surface area contributed by atoms with Gasteiger partial charge in [-0.05, 0) is 57.4 Å². The number of ether oxygens (including phenoxy) is 1. The molecule has 0 radical (unpaired) electrons. The lowest BCUT2D eigenvalue weighted by Gasteiger charge is -2.33. The van der Waals surface area contributed by atoms with Crippen molar-refractivity contribution in [3.05, 3.63) is 35.9 Å². The standard InChI is InChI=1S/C23H32N2O5/c1-3-30-22(29)18(12-11-16-8-5-4-6-9-16)24-15(2)20(26)23-13-7-10-17(23)14-19(25-23)21(27)28/h4-6,8-9,15,17-19,24-25H,3,7,10-14H2,1-2H3,(H,27,28)/t15-,17-,18-,19-,23-/m0/s1. The van der Waals surface area contributed by atoms with Gasteiger partial charge in [-0.2, -0.15) is 0 Å². The fraction of sp³-hybridized carbons (Fsp3) is 0.609. The van der Waals surface area contributed by atoms with Crippen molar-refractivity contribution >= 4 is 17.7 Å². The van der Waals surface area contributed by atoms with Crippen molar-refractivity contribution < 1.29 is 24.2 Å². The van der Waals surface area contributed by atoms with E-state index in [0.717, 1.165) is 18.4 Å². The predicted molar refractivity (Wildman–Crippen MR) is 112 cm³/mol. The highest BCUT2D eigenvalue weighted by molar-refractivity contribution is 5.95. The molecular weight excluding hydrogens is 384 g/mol. The van der Waals surface area contributed by atoms with E-state index >= 15 is 0 Å². The Hall–Kier alpha value is -2.25. The van der Waals surface area contributed by atoms with E-state index in [0.29, 0.717) is 25.7 Å². The first kappa shape index (κ1) is 22.4. The number of hydrogen-bond donors (Lipinski definition) is 3. The maximum Gasteiger partial charge on any atom is 0.323 e. The molecule has 1 aromatic rings. The predicted octanol–water partition coefficient (Wildman–Crippen LogP) is 2.08. The van der Waals surface area contributed by atoms with Crippen LogP contribution in [0.3, 0.4) is 0 Å². The van der Waals surface area contributed by atoms with Crippen LogP contribution in [0.15, 0.2) is 30.3 Å². The number of carbonyl (C=O) groups is 3. The molecule has 0 spiro atoms. The highest BCUT2D eigenvalue weighted by Crippen LogP contribution is 2.44. The summed E-state index contributed by atoms with van der Waals surface area (Å²) in [4.78, 5) is 37.4. The number of fused-ring (bicyclic) bond motifs is 1. The fourth-order valence-electron chi connectivity index (χ4n) is 5.03. The van der Waals surface area contributed by atoms with E-state index in [1.807, 2.05) is 30.3 Å². The smallest absolute Gasteiger partial charge is 0.323 e. The number of benzene rings is 1. The molecule has 1 aliphatic heterocycles. The summed E-state index contributed by atoms with van der Waals surface area (Å²) in [6, 6.07) is 8.00. The number of rotatable bonds is 10. The molecule has 1 aliphatic carbocycles. The Morgan fingerprint density at radius 1 is 1.30 bits per heavy atom. The molecule has 0 unspecified atom stereocenters. The van der Waals surface area contributed by atoms with Crippen molar-refractivity contribution in [1.29, 1.82) is 0 Å². The zero-order chi connectivity index (χ0) is 21.7. The Kier molecular flexibility index (Phi) is 7.26. The lowest BCUT2D eigenvalue weighted by Crippen LogP contribution is -2.60. The number of carboxylic acids is 1. The third-order valence-corrected chi connectivity index (χ3v) is 6.49. The van der Waals surface area contributed by atoms with E-state index in [1.54, 1.807) is 13.8 Å². The molecule has 2 aliphatic rings. The molecule has 3 N–H and O–H groups in total. The van der Waals surface area contributed by atoms with Gasteiger partial charge in [0.1, 0.15) is 12.1 Å². The first-order valence-corrected chi connectivity index (χ1v) is 10.9. The Balaban J connectivity index is 1.69. The number of ketones is 1. The Morgan fingerprint density at radius 3 is 2.70 bits per heavy atom. The van der Waals surface area contributed by atoms with E-state index in [2.05, 4.69) is 10.6 Å². The summed E-state index contributed by atoms with van der Waals surface area (Å²) in [6.45, 7) is 3.80. The molecule has 164 valence electrons. The Bertz CT molecular complexity index is 768. The van der Waals surface area contributed by atoms with Gasteiger partial charge in [0.15, 0.2) is 5.78 Å². The minimum atomic E-state index is -0.913. The van der Waals surface area contributed by atoms with E-state index in [9.17, 15) is 19.5 Å². The van der Waals surface area contributed by atoms with Gasteiger partial charge in [-0.25, -0.2) is 0 Å². The van der Waals surface area contributed by atoms with Crippen LogP contribution in [0.4, 0.5) is 0 Å². The van der Waals surface area contributed by atoms with Gasteiger partial charge < -0.3 is 9.84 Å². The first-order chi connectivity index (χ1) is 14.4. The van der Waals surface area contributed by atoms with Gasteiger partial charge in [0, 0.05) is 0 Å². The molecule has 2 fully saturated rings. The highest BCUT2D eigenvalue weighted by atomic mass is 16.5. The average Bonchev–Trinajstić information content (AvgIpc) is 3.30. The van der Waals surface area contributed by atoms with Gasteiger partial charge >= 0.3 is 11.9 Å². The number of hydrogen-bond acceptors (Lipinski definition) is 6. The minimum absolute atomic E-state index is 0.0284. The van der Waals surface area contributed by atoms with E-state index < -0.39 is 29.6 Å². The summed E-state index contributed by atoms with van der Waals surface area (Å²) in [5.74, 6) is -1.30. The third-order valence-electron chi connectivity index (χ3n) is 6.49. The fourth-order valence-corrected chi connectivity index (χ4v) is 5.03. The molecule has 0 amide bonds. The molecule has 1 saturated carbocycles. The van der Waals surface area contributed by atoms with Crippen molar-refractivity contribution in [3.8, 4) is 0 Å². The molecule has 3 rings (SSSR count). The third kappa shape index (κ3) is 4.73. The van der Waals surface area contributed by atoms with Crippen molar-refractivity contribution in [3.63, 3.8) is 0 Å². The van der Waals surface area contributed by atoms with Gasteiger partial charge in [-0.15, -0.1) is 0 Å². The van der Waals surface area contributed by atoms with Crippen LogP contribution in [0.5, 0.6) is 0 Å². The molecule has 5 atom stereocenters. The molecular formula is C23H32N2O5. The number of carboxylic acid groups (broad SMARTS) is 1. The number of aliphatic carboxylic acids is 1. The van der Waals surface area contributed by atoms with Crippen LogP contribution in [0.2, 0.25) is 0 Å². The zero-order valence-electron chi connectivity index (χ0n) is 17.7. The summed E-state index contributed by atoms with van der Waals surface area (Å²) in [6.07, 6.45) is 4.07. The highest BCUT2D eigenvalue weighted by Gasteiger charge is 2.56. The van der Waals surface area contributed by atoms with Gasteiger partial charge in [0.2, 0.25) is 0 Å². The van der Waals surface area contributed by atoms with Crippen LogP contribution in [0, 0.1) is 5.92 Å². The second-order valence-corrected chi connectivity index (χ2v) is 8.41. The van der Waals surface area contributed by atoms with Crippen molar-refractivity contribution in [2.45, 2.75) is 76.0 Å². The van der Waals surface area contributed by atoms with E-state index in [1.165, 1.54) is 0 Å². The number of nitrogens with one attached hydrogen (secondary N) is 2. The van der Waals surface area contributed by atoms with Crippen molar-refractivity contribution in [2.24, 2.45) is 5.92 Å². The molecule has 30 heavy (non-hydrogen) atoms. The van der Waals surface area contributed by atoms with Crippen LogP contribution in [0.1, 0.15) is 51.5 Å². The molecule has 0 aromatic heterocycles. The maximum absolute atomic E-state index is 13.4. The molecule has 7 nitrogen and oxygen atoms in total. The van der Waals surface area contributed by atoms with Gasteiger partial charge in [-0.1, -0.05) is 36.8 Å². The first-order valence-electron chi connectivity index (χ1n) is 10.9. The summed E-state index contributed by atoms with van der Waals surface area (Å²) < 4.78 is 5.23. The summed E-state index contributed by atoms with van der Waals surface area (Å²) in [5, 5.41) is 15.7. The number of carbonyl (C=O) groups excluding carboxylic acids is 2. The second-order valence-electron chi connectivity index (χ2n) is 8.41. The van der Waals surface area contributed by atoms with Gasteiger partial charge in [-0.3, -0.25) is 25.0 Å². The van der Waals surface area contributed by atoms with Crippen LogP contribution < -0.4 is 10.6 Å². The Labute approximate surface area is 177 Å². The van der Waals surface area contributed by atoms with Crippen LogP contribution in [0.25, 0.3) is 0 Å². The lowest BCUT2D eigenvalue weighted by atomic mass is 9.81. The van der Waals surface area contributed by atoms with Crippen molar-refractivity contribution in [2.75, 3.05) is 6.61 Å². The second kappa shape index (κ2) is 9.71. The quantitative estimate of drug-likeness (QED) is 0.502. The largest absolute Gasteiger partial charge is 0.480 e. The molecule has 1 saturated heterocycles. The summed E-state index contributed by atoms with van der Waals surface area (Å²) in [7, 11) is 0. The van der Waals surface area contributed by atoms with E-state index in [4.69, 9.17) is 4.74 Å². The van der Waals surface area contributed by atoms with Crippen LogP contribution in [-0.4, -0.2) is 53.1 Å². The summed E-state index contributed by atoms with van der Waals surface area (Å²) in [5.41, 5.74) is 0.303. The number of esters is 1. The maximum atomic E-state index is 13.4. The molecule has 0 bridgehead atoms. The van der Waals surface area contributed by atoms with Crippen LogP contribution in [-0.2, 0) is 25.5 Å². The lowest BCUT2D eigenvalue weighted by molar-refractivity contribution is -0.146. The molecule has 1 aromatic carbocycles.